The molecule has 0 bridgehead atoms. The van der Waals surface area contributed by atoms with Crippen molar-refractivity contribution in [1.29, 1.82) is 0 Å². The Balaban J connectivity index is 1.36. The fourth-order valence-electron chi connectivity index (χ4n) is 9.27. The second-order valence-electron chi connectivity index (χ2n) is 20.2. The summed E-state index contributed by atoms with van der Waals surface area (Å²) in [6.07, 6.45) is 2.50. The summed E-state index contributed by atoms with van der Waals surface area (Å²) in [4.78, 5) is 135. The molecule has 0 aliphatic carbocycles. The molecule has 1 aromatic heterocycles. The van der Waals surface area contributed by atoms with Gasteiger partial charge in [-0.05, 0) is 73.7 Å². The summed E-state index contributed by atoms with van der Waals surface area (Å²) in [6, 6.07) is 12.8. The Morgan fingerprint density at radius 1 is 0.709 bits per heavy atom. The molecule has 424 valence electrons. The lowest BCUT2D eigenvalue weighted by Crippen LogP contribution is -2.61. The normalized spacial score (nSPS) is 16.3. The van der Waals surface area contributed by atoms with Gasteiger partial charge in [-0.3, -0.25) is 43.3 Å². The number of aromatic amines is 1. The van der Waals surface area contributed by atoms with Crippen LogP contribution in [-0.2, 0) is 57.6 Å². The number of benzene rings is 3. The van der Waals surface area contributed by atoms with Crippen LogP contribution in [-0.4, -0.2) is 152 Å². The number of carbonyl (C=O) groups is 9. The number of nitrogens with one attached hydrogen (secondary N) is 7. The number of hydrogen-bond acceptors (Lipinski definition) is 13. The first-order valence-corrected chi connectivity index (χ1v) is 26.0. The number of hydrogen-bond donors (Lipinski definition) is 12. The lowest BCUT2D eigenvalue weighted by molar-refractivity contribution is -0.149. The Bertz CT molecular complexity index is 2770. The Hall–Kier alpha value is -8.67. The van der Waals surface area contributed by atoms with E-state index in [0.717, 1.165) is 4.90 Å². The van der Waals surface area contributed by atoms with Crippen molar-refractivity contribution in [2.75, 3.05) is 26.7 Å². The zero-order valence-electron chi connectivity index (χ0n) is 44.8. The van der Waals surface area contributed by atoms with Gasteiger partial charge in [-0.25, -0.2) is 9.78 Å². The van der Waals surface area contributed by atoms with E-state index in [-0.39, 0.29) is 69.2 Å². The maximum Gasteiger partial charge on any atom is 0.326 e. The van der Waals surface area contributed by atoms with Crippen LogP contribution in [0.5, 0.6) is 5.75 Å². The highest BCUT2D eigenvalue weighted by Crippen LogP contribution is 2.33. The lowest BCUT2D eigenvalue weighted by Gasteiger charge is -2.31. The number of imidazole rings is 1. The molecule has 8 atom stereocenters. The first kappa shape index (κ1) is 61.2. The number of aromatic hydroxyl groups is 1. The van der Waals surface area contributed by atoms with E-state index in [1.807, 2.05) is 0 Å². The SMILES string of the molecule is CNCC(=O)NC(CCCN=C(N)N)C(=O)NC(C(=O)NC(Cc1ccc(O)cc1)C(=O)NC(C(=O)NC(Cc1cnc[nH]1)C(=O)N1CC(C(Cc2ccc(C(=O)c3ccccc3)cc2)C(=O)O)CC1C(=O)O)C(C)C)C(C)C. The van der Waals surface area contributed by atoms with Gasteiger partial charge in [0.1, 0.15) is 42.0 Å². The number of phenols is 1. The van der Waals surface area contributed by atoms with Crippen molar-refractivity contribution in [2.24, 2.45) is 40.1 Å². The van der Waals surface area contributed by atoms with Crippen LogP contribution in [0.2, 0.25) is 0 Å². The molecule has 1 fully saturated rings. The Morgan fingerprint density at radius 2 is 1.28 bits per heavy atom. The van der Waals surface area contributed by atoms with Crippen molar-refractivity contribution in [3.8, 4) is 5.75 Å². The van der Waals surface area contributed by atoms with Gasteiger partial charge in [-0.2, -0.15) is 0 Å². The number of H-pyrrole nitrogens is 1. The summed E-state index contributed by atoms with van der Waals surface area (Å²) in [5, 5.41) is 47.2. The number of likely N-dealkylation sites (N-methyl/N-ethyl adjacent to an activating group) is 1. The molecule has 0 radical (unpaired) electrons. The predicted octanol–water partition coefficient (Wildman–Crippen LogP) is 0.386. The van der Waals surface area contributed by atoms with Crippen LogP contribution in [0.15, 0.2) is 96.4 Å². The Labute approximate surface area is 457 Å². The van der Waals surface area contributed by atoms with Gasteiger partial charge >= 0.3 is 11.9 Å². The highest BCUT2D eigenvalue weighted by atomic mass is 16.4. The highest BCUT2D eigenvalue weighted by molar-refractivity contribution is 6.09. The number of nitrogens with two attached hydrogens (primary N) is 2. The van der Waals surface area contributed by atoms with E-state index in [0.29, 0.717) is 34.4 Å². The summed E-state index contributed by atoms with van der Waals surface area (Å²) in [6.45, 7) is 6.35. The van der Waals surface area contributed by atoms with Gasteiger partial charge < -0.3 is 68.6 Å². The zero-order valence-corrected chi connectivity index (χ0v) is 44.8. The molecule has 5 rings (SSSR count). The van der Waals surface area contributed by atoms with E-state index >= 15 is 0 Å². The van der Waals surface area contributed by atoms with Gasteiger partial charge in [0.25, 0.3) is 0 Å². The van der Waals surface area contributed by atoms with Crippen molar-refractivity contribution in [1.82, 2.24) is 46.8 Å². The smallest absolute Gasteiger partial charge is 0.326 e. The molecule has 3 aromatic carbocycles. The van der Waals surface area contributed by atoms with Gasteiger partial charge in [0.05, 0.1) is 18.8 Å². The van der Waals surface area contributed by atoms with Crippen LogP contribution in [0, 0.1) is 23.7 Å². The maximum atomic E-state index is 14.7. The van der Waals surface area contributed by atoms with Gasteiger partial charge in [0.15, 0.2) is 11.7 Å². The van der Waals surface area contributed by atoms with Crippen molar-refractivity contribution in [2.45, 2.75) is 102 Å². The molecule has 1 aliphatic heterocycles. The molecule has 24 nitrogen and oxygen atoms in total. The number of aliphatic imine (C=N–C) groups is 1. The minimum atomic E-state index is -1.48. The van der Waals surface area contributed by atoms with Crippen molar-refractivity contribution in [3.05, 3.63) is 119 Å². The summed E-state index contributed by atoms with van der Waals surface area (Å²) in [5.74, 6) is -10.8. The maximum absolute atomic E-state index is 14.7. The van der Waals surface area contributed by atoms with Crippen LogP contribution in [0.1, 0.15) is 79.7 Å². The third-order valence-corrected chi connectivity index (χ3v) is 13.5. The number of phenolic OH excluding ortho intramolecular Hbond substituents is 1. The molecule has 4 aromatic rings. The number of carbonyl (C=O) groups excluding carboxylic acids is 7. The largest absolute Gasteiger partial charge is 0.508 e. The van der Waals surface area contributed by atoms with E-state index in [4.69, 9.17) is 11.5 Å². The third kappa shape index (κ3) is 17.9. The van der Waals surface area contributed by atoms with Crippen molar-refractivity contribution < 1.29 is 58.5 Å². The fourth-order valence-corrected chi connectivity index (χ4v) is 9.27. The number of ketones is 1. The summed E-state index contributed by atoms with van der Waals surface area (Å²) in [7, 11) is 1.56. The number of amides is 6. The van der Waals surface area contributed by atoms with E-state index in [9.17, 15) is 58.5 Å². The molecule has 79 heavy (non-hydrogen) atoms. The molecule has 2 heterocycles. The number of carboxylic acids is 2. The summed E-state index contributed by atoms with van der Waals surface area (Å²) in [5.41, 5.74) is 13.2. The molecule has 24 heteroatoms. The molecule has 6 amide bonds. The van der Waals surface area contributed by atoms with Crippen LogP contribution in [0.25, 0.3) is 0 Å². The first-order valence-electron chi connectivity index (χ1n) is 26.0. The second-order valence-corrected chi connectivity index (χ2v) is 20.2. The predicted molar refractivity (Wildman–Crippen MR) is 290 cm³/mol. The molecule has 1 saturated heterocycles. The standard InChI is InChI=1S/C55H72N12O12/c1-30(2)45(65-48(71)40(62-44(69)27-58-5)12-9-21-60-55(56)57)50(73)63-41(23-33-15-19-38(68)20-16-33)49(72)66-46(31(3)4)51(74)64-42(25-37-26-59-29-61-37)52(75)67-28-36(24-43(67)54(78)79)39(53(76)77)22-32-13-17-35(18-14-32)47(70)34-10-7-6-8-11-34/h6-8,10-11,13-20,26,29-31,36,39-43,45-46,58,68H,9,12,21-25,27-28H2,1-5H3,(H,59,61)(H,62,69)(H,63,73)(H,64,74)(H,65,71)(H,66,72)(H,76,77)(H,78,79)(H4,56,57,60). The van der Waals surface area contributed by atoms with Crippen LogP contribution in [0.4, 0.5) is 0 Å². The number of aliphatic carboxylic acids is 2. The molecular weight excluding hydrogens is 1020 g/mol. The number of likely N-dealkylation sites (tertiary alicyclic amines) is 1. The third-order valence-electron chi connectivity index (χ3n) is 13.5. The average molecular weight is 1090 g/mol. The van der Waals surface area contributed by atoms with Gasteiger partial charge in [0.2, 0.25) is 35.4 Å². The van der Waals surface area contributed by atoms with Gasteiger partial charge in [-0.1, -0.05) is 94.4 Å². The molecule has 8 unspecified atom stereocenters. The first-order chi connectivity index (χ1) is 37.6. The number of nitrogens with zero attached hydrogens (tertiary/aromatic N) is 3. The van der Waals surface area contributed by atoms with Crippen LogP contribution < -0.4 is 43.4 Å². The molecule has 0 spiro atoms. The molecule has 1 aliphatic rings. The summed E-state index contributed by atoms with van der Waals surface area (Å²) < 4.78 is 0. The van der Waals surface area contributed by atoms with Gasteiger partial charge in [0, 0.05) is 48.9 Å². The summed E-state index contributed by atoms with van der Waals surface area (Å²) >= 11 is 0. The minimum absolute atomic E-state index is 0.0423. The number of carboxylic acid groups (broad SMARTS) is 2. The Kier molecular flexibility index (Phi) is 22.6. The van der Waals surface area contributed by atoms with Crippen molar-refractivity contribution >= 4 is 59.1 Å². The number of rotatable bonds is 29. The Morgan fingerprint density at radius 3 is 1.82 bits per heavy atom. The molecule has 14 N–H and O–H groups in total. The topological polar surface area (TPSA) is 383 Å². The molecule has 0 saturated carbocycles. The zero-order chi connectivity index (χ0) is 57.9. The van der Waals surface area contributed by atoms with Crippen molar-refractivity contribution in [3.63, 3.8) is 0 Å². The minimum Gasteiger partial charge on any atom is -0.508 e. The quantitative estimate of drug-likeness (QED) is 0.0151. The fraction of sp³-hybridized carbons (Fsp3) is 0.436. The second kappa shape index (κ2) is 29.2. The van der Waals surface area contributed by atoms with E-state index < -0.39 is 107 Å². The lowest BCUT2D eigenvalue weighted by atomic mass is 9.85. The monoisotopic (exact) mass is 1090 g/mol. The highest BCUT2D eigenvalue weighted by Gasteiger charge is 2.47. The number of aromatic nitrogens is 2. The van der Waals surface area contributed by atoms with E-state index in [2.05, 4.69) is 46.9 Å². The van der Waals surface area contributed by atoms with E-state index in [1.54, 1.807) is 89.3 Å². The van der Waals surface area contributed by atoms with Crippen LogP contribution >= 0.6 is 0 Å². The van der Waals surface area contributed by atoms with E-state index in [1.165, 1.54) is 36.8 Å². The van der Waals surface area contributed by atoms with Gasteiger partial charge in [-0.15, -0.1) is 0 Å². The average Bonchev–Trinajstić information content (AvgIpc) is 4.11. The van der Waals surface area contributed by atoms with Crippen LogP contribution in [0.3, 0.4) is 0 Å². The number of guanidine groups is 1. The molecular formula is C55H72N12O12.